The van der Waals surface area contributed by atoms with E-state index >= 15 is 0 Å². The quantitative estimate of drug-likeness (QED) is 0.878. The average Bonchev–Trinajstić information content (AvgIpc) is 3.09. The van der Waals surface area contributed by atoms with E-state index in [1.807, 2.05) is 0 Å². The van der Waals surface area contributed by atoms with Crippen molar-refractivity contribution in [2.45, 2.75) is 32.2 Å². The number of fused-ring (bicyclic) bond motifs is 1. The van der Waals surface area contributed by atoms with Crippen LogP contribution in [0.1, 0.15) is 23.6 Å². The van der Waals surface area contributed by atoms with Crippen LogP contribution in [-0.4, -0.2) is 19.2 Å². The monoisotopic (exact) mass is 287 g/mol. The number of nitrogens with one attached hydrogen (secondary N) is 1. The minimum atomic E-state index is 0.530. The van der Waals surface area contributed by atoms with Crippen LogP contribution in [0, 0.1) is 0 Å². The van der Waals surface area contributed by atoms with Gasteiger partial charge in [0, 0.05) is 12.5 Å². The second kappa shape index (κ2) is 6.42. The molecule has 1 aromatic carbocycles. The summed E-state index contributed by atoms with van der Waals surface area (Å²) in [5, 5.41) is 7.99. The van der Waals surface area contributed by atoms with Gasteiger partial charge >= 0.3 is 0 Å². The summed E-state index contributed by atoms with van der Waals surface area (Å²) in [7, 11) is 0. The maximum Gasteiger partial charge on any atom is 0.122 e. The van der Waals surface area contributed by atoms with Gasteiger partial charge in [0.05, 0.1) is 6.61 Å². The van der Waals surface area contributed by atoms with Crippen molar-refractivity contribution in [2.24, 2.45) is 0 Å². The van der Waals surface area contributed by atoms with Crippen molar-refractivity contribution in [3.8, 4) is 5.75 Å². The molecule has 0 spiro atoms. The lowest BCUT2D eigenvalue weighted by Gasteiger charge is -2.13. The van der Waals surface area contributed by atoms with Crippen LogP contribution in [0.25, 0.3) is 0 Å². The highest BCUT2D eigenvalue weighted by molar-refractivity contribution is 7.07. The van der Waals surface area contributed by atoms with Crippen molar-refractivity contribution in [1.82, 2.24) is 5.32 Å². The van der Waals surface area contributed by atoms with Crippen LogP contribution >= 0.6 is 11.3 Å². The normalized spacial score (nSPS) is 14.8. The first-order valence-corrected chi connectivity index (χ1v) is 8.24. The lowest BCUT2D eigenvalue weighted by atomic mass is 10.1. The molecular formula is C17H21NOS. The number of rotatable bonds is 6. The first kappa shape index (κ1) is 13.7. The minimum Gasteiger partial charge on any atom is -0.493 e. The van der Waals surface area contributed by atoms with E-state index in [9.17, 15) is 0 Å². The Bertz CT molecular complexity index is 550. The molecule has 1 unspecified atom stereocenters. The SMILES string of the molecule is CC(Cc1ccsc1)NCCc1ccc2c(c1)CCO2. The maximum atomic E-state index is 5.54. The molecule has 2 aromatic rings. The van der Waals surface area contributed by atoms with E-state index < -0.39 is 0 Å². The van der Waals surface area contributed by atoms with Crippen LogP contribution in [-0.2, 0) is 19.3 Å². The van der Waals surface area contributed by atoms with Gasteiger partial charge in [-0.15, -0.1) is 0 Å². The molecule has 1 atom stereocenters. The third-order valence-corrected chi connectivity index (χ3v) is 4.51. The van der Waals surface area contributed by atoms with Crippen LogP contribution in [0.2, 0.25) is 0 Å². The highest BCUT2D eigenvalue weighted by Crippen LogP contribution is 2.25. The summed E-state index contributed by atoms with van der Waals surface area (Å²) in [6.07, 6.45) is 3.26. The lowest BCUT2D eigenvalue weighted by Crippen LogP contribution is -2.29. The molecule has 3 rings (SSSR count). The van der Waals surface area contributed by atoms with Gasteiger partial charge < -0.3 is 10.1 Å². The average molecular weight is 287 g/mol. The van der Waals surface area contributed by atoms with E-state index in [4.69, 9.17) is 4.74 Å². The van der Waals surface area contributed by atoms with Gasteiger partial charge in [-0.2, -0.15) is 11.3 Å². The number of hydrogen-bond donors (Lipinski definition) is 1. The molecule has 1 N–H and O–H groups in total. The lowest BCUT2D eigenvalue weighted by molar-refractivity contribution is 0.357. The van der Waals surface area contributed by atoms with E-state index in [2.05, 4.69) is 47.3 Å². The number of thiophene rings is 1. The number of benzene rings is 1. The first-order chi connectivity index (χ1) is 9.81. The Morgan fingerprint density at radius 3 is 3.10 bits per heavy atom. The molecule has 1 aromatic heterocycles. The predicted molar refractivity (Wildman–Crippen MR) is 84.8 cm³/mol. The van der Waals surface area contributed by atoms with Crippen molar-refractivity contribution in [3.05, 3.63) is 51.7 Å². The first-order valence-electron chi connectivity index (χ1n) is 7.30. The summed E-state index contributed by atoms with van der Waals surface area (Å²) in [5.74, 6) is 1.08. The van der Waals surface area contributed by atoms with Crippen LogP contribution < -0.4 is 10.1 Å². The van der Waals surface area contributed by atoms with Gasteiger partial charge in [-0.3, -0.25) is 0 Å². The summed E-state index contributed by atoms with van der Waals surface area (Å²) < 4.78 is 5.54. The Balaban J connectivity index is 1.45. The summed E-state index contributed by atoms with van der Waals surface area (Å²) in [6, 6.07) is 9.35. The van der Waals surface area contributed by atoms with Gasteiger partial charge in [-0.05, 0) is 65.9 Å². The molecule has 0 saturated carbocycles. The summed E-state index contributed by atoms with van der Waals surface area (Å²) in [6.45, 7) is 4.13. The smallest absolute Gasteiger partial charge is 0.122 e. The Kier molecular flexibility index (Phi) is 4.38. The summed E-state index contributed by atoms with van der Waals surface area (Å²) in [5.41, 5.74) is 4.21. The van der Waals surface area contributed by atoms with Gasteiger partial charge in [0.15, 0.2) is 0 Å². The molecule has 106 valence electrons. The molecule has 3 heteroatoms. The van der Waals surface area contributed by atoms with Gasteiger partial charge in [0.1, 0.15) is 5.75 Å². The predicted octanol–water partition coefficient (Wildman–Crippen LogP) is 3.45. The largest absolute Gasteiger partial charge is 0.493 e. The molecule has 0 amide bonds. The Morgan fingerprint density at radius 1 is 1.30 bits per heavy atom. The molecular weight excluding hydrogens is 266 g/mol. The van der Waals surface area contributed by atoms with E-state index in [0.717, 1.165) is 38.2 Å². The third-order valence-electron chi connectivity index (χ3n) is 3.78. The molecule has 0 bridgehead atoms. The molecule has 1 aliphatic heterocycles. The zero-order valence-electron chi connectivity index (χ0n) is 11.9. The fraction of sp³-hybridized carbons (Fsp3) is 0.412. The van der Waals surface area contributed by atoms with Crippen molar-refractivity contribution in [1.29, 1.82) is 0 Å². The standard InChI is InChI=1S/C17H21NOS/c1-13(10-15-6-9-20-12-15)18-7-4-14-2-3-17-16(11-14)5-8-19-17/h2-3,6,9,11-13,18H,4-5,7-8,10H2,1H3. The van der Waals surface area contributed by atoms with Gasteiger partial charge in [0.25, 0.3) is 0 Å². The Labute approximate surface area is 124 Å². The van der Waals surface area contributed by atoms with Crippen molar-refractivity contribution < 1.29 is 4.74 Å². The minimum absolute atomic E-state index is 0.530. The highest BCUT2D eigenvalue weighted by atomic mass is 32.1. The zero-order chi connectivity index (χ0) is 13.8. The summed E-state index contributed by atoms with van der Waals surface area (Å²) in [4.78, 5) is 0. The van der Waals surface area contributed by atoms with E-state index in [1.54, 1.807) is 11.3 Å². The topological polar surface area (TPSA) is 21.3 Å². The second-order valence-electron chi connectivity index (χ2n) is 5.48. The van der Waals surface area contributed by atoms with Crippen LogP contribution in [0.3, 0.4) is 0 Å². The van der Waals surface area contributed by atoms with Crippen molar-refractivity contribution in [3.63, 3.8) is 0 Å². The molecule has 0 fully saturated rings. The van der Waals surface area contributed by atoms with Gasteiger partial charge in [-0.1, -0.05) is 12.1 Å². The van der Waals surface area contributed by atoms with Crippen molar-refractivity contribution >= 4 is 11.3 Å². The molecule has 2 heterocycles. The molecule has 20 heavy (non-hydrogen) atoms. The van der Waals surface area contributed by atoms with Gasteiger partial charge in [0.2, 0.25) is 0 Å². The van der Waals surface area contributed by atoms with E-state index in [-0.39, 0.29) is 0 Å². The zero-order valence-corrected chi connectivity index (χ0v) is 12.7. The van der Waals surface area contributed by atoms with E-state index in [0.29, 0.717) is 6.04 Å². The van der Waals surface area contributed by atoms with E-state index in [1.165, 1.54) is 16.7 Å². The fourth-order valence-electron chi connectivity index (χ4n) is 2.69. The molecule has 1 aliphatic rings. The summed E-state index contributed by atoms with van der Waals surface area (Å²) >= 11 is 1.77. The Morgan fingerprint density at radius 2 is 2.25 bits per heavy atom. The molecule has 0 radical (unpaired) electrons. The van der Waals surface area contributed by atoms with Crippen LogP contribution in [0.15, 0.2) is 35.0 Å². The fourth-order valence-corrected chi connectivity index (χ4v) is 3.37. The Hall–Kier alpha value is -1.32. The highest BCUT2D eigenvalue weighted by Gasteiger charge is 2.11. The molecule has 0 saturated heterocycles. The number of hydrogen-bond acceptors (Lipinski definition) is 3. The maximum absolute atomic E-state index is 5.54. The van der Waals surface area contributed by atoms with Gasteiger partial charge in [-0.25, -0.2) is 0 Å². The van der Waals surface area contributed by atoms with Crippen LogP contribution in [0.4, 0.5) is 0 Å². The van der Waals surface area contributed by atoms with Crippen LogP contribution in [0.5, 0.6) is 5.75 Å². The third kappa shape index (κ3) is 3.41. The molecule has 0 aliphatic carbocycles. The number of ether oxygens (including phenoxy) is 1. The van der Waals surface area contributed by atoms with Crippen molar-refractivity contribution in [2.75, 3.05) is 13.2 Å². The molecule has 2 nitrogen and oxygen atoms in total. The second-order valence-corrected chi connectivity index (χ2v) is 6.26.